The van der Waals surface area contributed by atoms with Crippen LogP contribution in [0, 0.1) is 0 Å². The lowest BCUT2D eigenvalue weighted by atomic mass is 10.1. The van der Waals surface area contributed by atoms with Gasteiger partial charge in [-0.2, -0.15) is 0 Å². The molecule has 0 saturated carbocycles. The molecule has 2 nitrogen and oxygen atoms in total. The number of nitrogens with one attached hydrogen (secondary N) is 1. The number of hydrogen-bond donors (Lipinski definition) is 1. The summed E-state index contributed by atoms with van der Waals surface area (Å²) >= 11 is 3.46. The van der Waals surface area contributed by atoms with E-state index in [0.29, 0.717) is 6.04 Å². The van der Waals surface area contributed by atoms with Crippen molar-refractivity contribution in [2.45, 2.75) is 19.4 Å². The highest BCUT2D eigenvalue weighted by Gasteiger charge is 2.18. The van der Waals surface area contributed by atoms with Crippen molar-refractivity contribution in [3.05, 3.63) is 34.3 Å². The molecule has 0 spiro atoms. The van der Waals surface area contributed by atoms with E-state index < -0.39 is 0 Å². The molecule has 15 heavy (non-hydrogen) atoms. The van der Waals surface area contributed by atoms with Gasteiger partial charge < -0.3 is 5.32 Å². The van der Waals surface area contributed by atoms with E-state index >= 15 is 0 Å². The van der Waals surface area contributed by atoms with Gasteiger partial charge in [0.1, 0.15) is 5.82 Å². The fourth-order valence-corrected chi connectivity index (χ4v) is 2.43. The molecule has 3 rings (SSSR count). The lowest BCUT2D eigenvalue weighted by molar-refractivity contribution is 0.839. The van der Waals surface area contributed by atoms with Crippen LogP contribution >= 0.6 is 15.9 Å². The number of nitrogens with zero attached hydrogens (tertiary/aromatic N) is 1. The molecule has 3 heteroatoms. The first-order valence-corrected chi connectivity index (χ1v) is 5.87. The van der Waals surface area contributed by atoms with E-state index in [1.807, 2.05) is 0 Å². The zero-order valence-corrected chi connectivity index (χ0v) is 10.0. The smallest absolute Gasteiger partial charge is 0.130 e. The predicted octanol–water partition coefficient (Wildman–Crippen LogP) is 3.35. The first kappa shape index (κ1) is 9.16. The van der Waals surface area contributed by atoms with Crippen LogP contribution in [0.3, 0.4) is 0 Å². The lowest BCUT2D eigenvalue weighted by Crippen LogP contribution is -2.08. The predicted molar refractivity (Wildman–Crippen MR) is 66.2 cm³/mol. The molecule has 1 N–H and O–H groups in total. The zero-order chi connectivity index (χ0) is 10.4. The number of fused-ring (bicyclic) bond motifs is 2. The summed E-state index contributed by atoms with van der Waals surface area (Å²) in [6, 6.07) is 8.96. The van der Waals surface area contributed by atoms with Crippen LogP contribution in [0.5, 0.6) is 0 Å². The SMILES string of the molecule is CC1Cc2cc3ccc(Br)cc3nc2N1. The van der Waals surface area contributed by atoms with E-state index in [4.69, 9.17) is 0 Å². The van der Waals surface area contributed by atoms with Crippen LogP contribution in [-0.4, -0.2) is 11.0 Å². The van der Waals surface area contributed by atoms with Crippen molar-refractivity contribution >= 4 is 32.7 Å². The highest BCUT2D eigenvalue weighted by molar-refractivity contribution is 9.10. The fraction of sp³-hybridized carbons (Fsp3) is 0.250. The third-order valence-corrected chi connectivity index (χ3v) is 3.26. The van der Waals surface area contributed by atoms with Crippen molar-refractivity contribution in [3.8, 4) is 0 Å². The molecule has 0 amide bonds. The maximum Gasteiger partial charge on any atom is 0.130 e. The average Bonchev–Trinajstić information content (AvgIpc) is 2.53. The first-order valence-electron chi connectivity index (χ1n) is 5.08. The van der Waals surface area contributed by atoms with E-state index in [-0.39, 0.29) is 0 Å². The highest BCUT2D eigenvalue weighted by Crippen LogP contribution is 2.28. The van der Waals surface area contributed by atoms with E-state index in [1.165, 1.54) is 10.9 Å². The van der Waals surface area contributed by atoms with Crippen molar-refractivity contribution in [2.24, 2.45) is 0 Å². The molecule has 0 saturated heterocycles. The van der Waals surface area contributed by atoms with Gasteiger partial charge in [0.05, 0.1) is 5.52 Å². The van der Waals surface area contributed by atoms with E-state index in [1.54, 1.807) is 0 Å². The number of pyridine rings is 1. The van der Waals surface area contributed by atoms with Crippen molar-refractivity contribution in [2.75, 3.05) is 5.32 Å². The van der Waals surface area contributed by atoms with Crippen molar-refractivity contribution < 1.29 is 0 Å². The quantitative estimate of drug-likeness (QED) is 0.788. The lowest BCUT2D eigenvalue weighted by Gasteiger charge is -2.03. The number of hydrogen-bond acceptors (Lipinski definition) is 2. The van der Waals surface area contributed by atoms with Crippen LogP contribution < -0.4 is 5.32 Å². The number of rotatable bonds is 0. The van der Waals surface area contributed by atoms with Crippen LogP contribution in [0.4, 0.5) is 5.82 Å². The summed E-state index contributed by atoms with van der Waals surface area (Å²) in [4.78, 5) is 4.63. The Hall–Kier alpha value is -1.09. The minimum absolute atomic E-state index is 0.507. The molecule has 0 bridgehead atoms. The third-order valence-electron chi connectivity index (χ3n) is 2.77. The molecule has 1 atom stereocenters. The van der Waals surface area contributed by atoms with Crippen molar-refractivity contribution in [1.82, 2.24) is 4.98 Å². The molecule has 2 heterocycles. The molecule has 1 aliphatic rings. The summed E-state index contributed by atoms with van der Waals surface area (Å²) in [6.45, 7) is 2.18. The van der Waals surface area contributed by atoms with Crippen molar-refractivity contribution in [3.63, 3.8) is 0 Å². The van der Waals surface area contributed by atoms with Crippen LogP contribution in [-0.2, 0) is 6.42 Å². The van der Waals surface area contributed by atoms with Gasteiger partial charge in [-0.25, -0.2) is 4.98 Å². The Morgan fingerprint density at radius 2 is 2.27 bits per heavy atom. The van der Waals surface area contributed by atoms with Crippen molar-refractivity contribution in [1.29, 1.82) is 0 Å². The molecule has 0 fully saturated rings. The number of halogens is 1. The number of aromatic nitrogens is 1. The summed E-state index contributed by atoms with van der Waals surface area (Å²) < 4.78 is 1.08. The molecule has 1 aromatic carbocycles. The normalized spacial score (nSPS) is 18.9. The van der Waals surface area contributed by atoms with Gasteiger partial charge in [0.2, 0.25) is 0 Å². The largest absolute Gasteiger partial charge is 0.367 e. The third kappa shape index (κ3) is 1.51. The fourth-order valence-electron chi connectivity index (χ4n) is 2.08. The minimum atomic E-state index is 0.507. The second-order valence-corrected chi connectivity index (χ2v) is 5.00. The standard InChI is InChI=1S/C12H11BrN2/c1-7-4-9-5-8-2-3-10(13)6-11(8)15-12(9)14-7/h2-3,5-7H,4H2,1H3,(H,14,15). The van der Waals surface area contributed by atoms with Gasteiger partial charge in [0.15, 0.2) is 0 Å². The van der Waals surface area contributed by atoms with Gasteiger partial charge in [0, 0.05) is 15.9 Å². The maximum atomic E-state index is 4.63. The monoisotopic (exact) mass is 262 g/mol. The summed E-state index contributed by atoms with van der Waals surface area (Å²) in [5.41, 5.74) is 2.38. The Bertz CT molecular complexity index is 536. The van der Waals surface area contributed by atoms with Crippen LogP contribution in [0.15, 0.2) is 28.7 Å². The first-order chi connectivity index (χ1) is 7.22. The molecule has 2 aromatic rings. The molecule has 0 radical (unpaired) electrons. The molecule has 1 unspecified atom stereocenters. The summed E-state index contributed by atoms with van der Waals surface area (Å²) in [5, 5.41) is 4.60. The minimum Gasteiger partial charge on any atom is -0.367 e. The maximum absolute atomic E-state index is 4.63. The van der Waals surface area contributed by atoms with Gasteiger partial charge in [-0.3, -0.25) is 0 Å². The van der Waals surface area contributed by atoms with E-state index in [9.17, 15) is 0 Å². The molecular formula is C12H11BrN2. The van der Waals surface area contributed by atoms with Crippen LogP contribution in [0.1, 0.15) is 12.5 Å². The molecule has 1 aromatic heterocycles. The number of anilines is 1. The molecule has 1 aliphatic heterocycles. The molecule has 0 aliphatic carbocycles. The Morgan fingerprint density at radius 1 is 1.40 bits per heavy atom. The second-order valence-electron chi connectivity index (χ2n) is 4.08. The van der Waals surface area contributed by atoms with Gasteiger partial charge >= 0.3 is 0 Å². The average molecular weight is 263 g/mol. The molecule has 76 valence electrons. The van der Waals surface area contributed by atoms with E-state index in [2.05, 4.69) is 57.4 Å². The van der Waals surface area contributed by atoms with Gasteiger partial charge in [0.25, 0.3) is 0 Å². The van der Waals surface area contributed by atoms with E-state index in [0.717, 1.165) is 22.2 Å². The Labute approximate surface area is 96.8 Å². The van der Waals surface area contributed by atoms with Gasteiger partial charge in [-0.05, 0) is 37.1 Å². The highest BCUT2D eigenvalue weighted by atomic mass is 79.9. The second kappa shape index (κ2) is 3.20. The zero-order valence-electron chi connectivity index (χ0n) is 8.42. The number of benzene rings is 1. The van der Waals surface area contributed by atoms with Gasteiger partial charge in [-0.1, -0.05) is 22.0 Å². The van der Waals surface area contributed by atoms with Gasteiger partial charge in [-0.15, -0.1) is 0 Å². The summed E-state index contributed by atoms with van der Waals surface area (Å²) in [6.07, 6.45) is 1.08. The Kier molecular flexibility index (Phi) is 1.96. The molecular weight excluding hydrogens is 252 g/mol. The summed E-state index contributed by atoms with van der Waals surface area (Å²) in [5.74, 6) is 1.05. The Morgan fingerprint density at radius 3 is 3.13 bits per heavy atom. The Balaban J connectivity index is 2.25. The topological polar surface area (TPSA) is 24.9 Å². The van der Waals surface area contributed by atoms with Crippen LogP contribution in [0.2, 0.25) is 0 Å². The summed E-state index contributed by atoms with van der Waals surface area (Å²) in [7, 11) is 0. The van der Waals surface area contributed by atoms with Crippen LogP contribution in [0.25, 0.3) is 10.9 Å².